The molecule has 140 valence electrons. The van der Waals surface area contributed by atoms with E-state index in [2.05, 4.69) is 20.3 Å². The van der Waals surface area contributed by atoms with Crippen molar-refractivity contribution in [2.75, 3.05) is 18.5 Å². The van der Waals surface area contributed by atoms with Crippen LogP contribution in [0, 0.1) is 10.1 Å². The average Bonchev–Trinajstić information content (AvgIpc) is 3.26. The molecular weight excluding hydrogens is 360 g/mol. The molecule has 0 bridgehead atoms. The number of hydrogen-bond acceptors (Lipinski definition) is 7. The van der Waals surface area contributed by atoms with Crippen LogP contribution in [-0.4, -0.2) is 37.6 Å². The SMILES string of the molecule is O=[N+]([O-])c1ccc2nc(-n3ccnc3)nc(NCCOc3ccccc3)c2c1. The molecule has 2 aromatic carbocycles. The number of anilines is 1. The summed E-state index contributed by atoms with van der Waals surface area (Å²) in [5.74, 6) is 1.69. The lowest BCUT2D eigenvalue weighted by Crippen LogP contribution is -2.14. The van der Waals surface area contributed by atoms with E-state index in [9.17, 15) is 10.1 Å². The third-order valence-electron chi connectivity index (χ3n) is 4.02. The van der Waals surface area contributed by atoms with Crippen molar-refractivity contribution < 1.29 is 9.66 Å². The van der Waals surface area contributed by atoms with Crippen molar-refractivity contribution in [3.63, 3.8) is 0 Å². The highest BCUT2D eigenvalue weighted by Gasteiger charge is 2.13. The van der Waals surface area contributed by atoms with E-state index in [4.69, 9.17) is 4.74 Å². The second-order valence-electron chi connectivity index (χ2n) is 5.89. The van der Waals surface area contributed by atoms with E-state index >= 15 is 0 Å². The number of fused-ring (bicyclic) bond motifs is 1. The highest BCUT2D eigenvalue weighted by Crippen LogP contribution is 2.26. The van der Waals surface area contributed by atoms with Gasteiger partial charge in [0.25, 0.3) is 5.69 Å². The number of rotatable bonds is 7. The predicted molar refractivity (Wildman–Crippen MR) is 104 cm³/mol. The van der Waals surface area contributed by atoms with E-state index in [1.165, 1.54) is 12.1 Å². The molecule has 0 unspecified atom stereocenters. The first-order valence-electron chi connectivity index (χ1n) is 8.57. The van der Waals surface area contributed by atoms with Gasteiger partial charge >= 0.3 is 0 Å². The van der Waals surface area contributed by atoms with E-state index in [0.29, 0.717) is 35.8 Å². The van der Waals surface area contributed by atoms with E-state index in [0.717, 1.165) is 5.75 Å². The Bertz CT molecular complexity index is 1100. The number of non-ortho nitro benzene ring substituents is 1. The van der Waals surface area contributed by atoms with Crippen molar-refractivity contribution in [3.8, 4) is 11.7 Å². The molecule has 1 N–H and O–H groups in total. The Kier molecular flexibility index (Phi) is 4.79. The van der Waals surface area contributed by atoms with Gasteiger partial charge in [0.2, 0.25) is 5.95 Å². The van der Waals surface area contributed by atoms with E-state index in [-0.39, 0.29) is 5.69 Å². The largest absolute Gasteiger partial charge is 0.492 e. The summed E-state index contributed by atoms with van der Waals surface area (Å²) in [5, 5.41) is 14.9. The highest BCUT2D eigenvalue weighted by molar-refractivity contribution is 5.91. The van der Waals surface area contributed by atoms with Gasteiger partial charge in [0, 0.05) is 29.9 Å². The number of para-hydroxylation sites is 1. The summed E-state index contributed by atoms with van der Waals surface area (Å²) in [6.45, 7) is 0.873. The quantitative estimate of drug-likeness (QED) is 0.300. The van der Waals surface area contributed by atoms with E-state index < -0.39 is 4.92 Å². The van der Waals surface area contributed by atoms with Gasteiger partial charge in [-0.3, -0.25) is 14.7 Å². The molecule has 2 aromatic heterocycles. The first kappa shape index (κ1) is 17.4. The fourth-order valence-corrected chi connectivity index (χ4v) is 2.70. The van der Waals surface area contributed by atoms with Crippen molar-refractivity contribution in [1.82, 2.24) is 19.5 Å². The molecule has 0 amide bonds. The van der Waals surface area contributed by atoms with Crippen LogP contribution < -0.4 is 10.1 Å². The molecule has 4 aromatic rings. The first-order chi connectivity index (χ1) is 13.7. The lowest BCUT2D eigenvalue weighted by molar-refractivity contribution is -0.384. The van der Waals surface area contributed by atoms with Gasteiger partial charge in [-0.1, -0.05) is 18.2 Å². The minimum atomic E-state index is -0.439. The monoisotopic (exact) mass is 376 g/mol. The van der Waals surface area contributed by atoms with Gasteiger partial charge in [-0.2, -0.15) is 4.98 Å². The third-order valence-corrected chi connectivity index (χ3v) is 4.02. The van der Waals surface area contributed by atoms with Gasteiger partial charge in [-0.15, -0.1) is 0 Å². The number of ether oxygens (including phenoxy) is 1. The van der Waals surface area contributed by atoms with Gasteiger partial charge in [-0.05, 0) is 18.2 Å². The Morgan fingerprint density at radius 3 is 2.75 bits per heavy atom. The third kappa shape index (κ3) is 3.73. The van der Waals surface area contributed by atoms with E-state index in [1.807, 2.05) is 30.3 Å². The van der Waals surface area contributed by atoms with Gasteiger partial charge in [0.05, 0.1) is 17.0 Å². The van der Waals surface area contributed by atoms with Gasteiger partial charge in [0.1, 0.15) is 24.5 Å². The molecule has 0 atom stereocenters. The smallest absolute Gasteiger partial charge is 0.270 e. The van der Waals surface area contributed by atoms with Crippen molar-refractivity contribution in [3.05, 3.63) is 77.4 Å². The molecule has 0 aliphatic heterocycles. The van der Waals surface area contributed by atoms with Crippen LogP contribution in [-0.2, 0) is 0 Å². The van der Waals surface area contributed by atoms with Crippen LogP contribution in [0.25, 0.3) is 16.9 Å². The molecule has 28 heavy (non-hydrogen) atoms. The predicted octanol–water partition coefficient (Wildman–Crippen LogP) is 3.21. The van der Waals surface area contributed by atoms with Gasteiger partial charge in [-0.25, -0.2) is 9.97 Å². The number of nitro groups is 1. The standard InChI is InChI=1S/C19H16N6O3/c26-25(27)14-6-7-17-16(12-14)18(23-19(22-17)24-10-8-20-13-24)21-9-11-28-15-4-2-1-3-5-15/h1-8,10,12-13H,9,11H2,(H,21,22,23). The summed E-state index contributed by atoms with van der Waals surface area (Å²) in [4.78, 5) is 23.7. The Balaban J connectivity index is 1.61. The molecule has 0 aliphatic carbocycles. The number of benzene rings is 2. The number of imidazole rings is 1. The number of nitro benzene ring substituents is 1. The maximum atomic E-state index is 11.1. The molecular formula is C19H16N6O3. The molecule has 9 heteroatoms. The minimum absolute atomic E-state index is 0.0185. The van der Waals surface area contributed by atoms with Crippen molar-refractivity contribution in [1.29, 1.82) is 0 Å². The molecule has 0 aliphatic rings. The maximum absolute atomic E-state index is 11.1. The lowest BCUT2D eigenvalue weighted by atomic mass is 10.2. The van der Waals surface area contributed by atoms with Crippen LogP contribution in [0.3, 0.4) is 0 Å². The Labute approximate surface area is 159 Å². The molecule has 0 spiro atoms. The fraction of sp³-hybridized carbons (Fsp3) is 0.105. The number of nitrogens with one attached hydrogen (secondary N) is 1. The average molecular weight is 376 g/mol. The van der Waals surface area contributed by atoms with Crippen LogP contribution in [0.15, 0.2) is 67.3 Å². The van der Waals surface area contributed by atoms with Crippen LogP contribution in [0.2, 0.25) is 0 Å². The first-order valence-corrected chi connectivity index (χ1v) is 8.57. The molecule has 4 rings (SSSR count). The van der Waals surface area contributed by atoms with Crippen molar-refractivity contribution >= 4 is 22.4 Å². The highest BCUT2D eigenvalue weighted by atomic mass is 16.6. The van der Waals surface area contributed by atoms with E-state index in [1.54, 1.807) is 29.4 Å². The second-order valence-corrected chi connectivity index (χ2v) is 5.89. The Morgan fingerprint density at radius 2 is 2.00 bits per heavy atom. The fourth-order valence-electron chi connectivity index (χ4n) is 2.70. The summed E-state index contributed by atoms with van der Waals surface area (Å²) >= 11 is 0. The summed E-state index contributed by atoms with van der Waals surface area (Å²) in [6.07, 6.45) is 4.95. The van der Waals surface area contributed by atoms with Gasteiger partial charge < -0.3 is 10.1 Å². The number of aromatic nitrogens is 4. The molecule has 0 radical (unpaired) electrons. The molecule has 0 saturated heterocycles. The van der Waals surface area contributed by atoms with Crippen LogP contribution in [0.1, 0.15) is 0 Å². The second kappa shape index (κ2) is 7.70. The zero-order valence-electron chi connectivity index (χ0n) is 14.7. The topological polar surface area (TPSA) is 108 Å². The Hall–Kier alpha value is -4.01. The number of hydrogen-bond donors (Lipinski definition) is 1. The van der Waals surface area contributed by atoms with Crippen LogP contribution in [0.4, 0.5) is 11.5 Å². The summed E-state index contributed by atoms with van der Waals surface area (Å²) in [5.41, 5.74) is 0.575. The molecule has 0 fully saturated rings. The molecule has 9 nitrogen and oxygen atoms in total. The lowest BCUT2D eigenvalue weighted by Gasteiger charge is -2.12. The number of nitrogens with zero attached hydrogens (tertiary/aromatic N) is 5. The summed E-state index contributed by atoms with van der Waals surface area (Å²) < 4.78 is 7.35. The van der Waals surface area contributed by atoms with Crippen molar-refractivity contribution in [2.45, 2.75) is 0 Å². The van der Waals surface area contributed by atoms with Crippen LogP contribution >= 0.6 is 0 Å². The zero-order valence-corrected chi connectivity index (χ0v) is 14.7. The van der Waals surface area contributed by atoms with Crippen molar-refractivity contribution in [2.24, 2.45) is 0 Å². The van der Waals surface area contributed by atoms with Crippen LogP contribution in [0.5, 0.6) is 5.75 Å². The van der Waals surface area contributed by atoms with Gasteiger partial charge in [0.15, 0.2) is 0 Å². The Morgan fingerprint density at radius 1 is 1.14 bits per heavy atom. The normalized spacial score (nSPS) is 10.7. The zero-order chi connectivity index (χ0) is 19.3. The molecule has 0 saturated carbocycles. The molecule has 2 heterocycles. The maximum Gasteiger partial charge on any atom is 0.270 e. The minimum Gasteiger partial charge on any atom is -0.492 e. The summed E-state index contributed by atoms with van der Waals surface area (Å²) in [6, 6.07) is 14.0. The summed E-state index contributed by atoms with van der Waals surface area (Å²) in [7, 11) is 0.